The first-order chi connectivity index (χ1) is 13.6. The Balaban J connectivity index is 1.53. The van der Waals surface area contributed by atoms with E-state index in [1.807, 2.05) is 12.1 Å². The van der Waals surface area contributed by atoms with Crippen molar-refractivity contribution < 1.29 is 9.59 Å². The predicted molar refractivity (Wildman–Crippen MR) is 111 cm³/mol. The average Bonchev–Trinajstić information content (AvgIpc) is 3.17. The Morgan fingerprint density at radius 2 is 1.68 bits per heavy atom. The summed E-state index contributed by atoms with van der Waals surface area (Å²) in [5.41, 5.74) is 3.74. The van der Waals surface area contributed by atoms with Crippen molar-refractivity contribution in [2.24, 2.45) is 0 Å². The molecule has 3 rings (SSSR count). The van der Waals surface area contributed by atoms with E-state index in [4.69, 9.17) is 0 Å². The standard InChI is InChI=1S/C22H28N4O2/c1-3-25(4-2)16-18-7-5-17(6-8-18)15-24-21(27)19-9-11-20(12-10-19)26-14-13-23-22(26)28/h5-12H,3-4,13-16H2,1-2H3,(H,23,28)(H,24,27). The van der Waals surface area contributed by atoms with Crippen LogP contribution in [0.15, 0.2) is 48.5 Å². The molecule has 1 fully saturated rings. The van der Waals surface area contributed by atoms with Crippen LogP contribution in [0.4, 0.5) is 10.5 Å². The summed E-state index contributed by atoms with van der Waals surface area (Å²) in [5.74, 6) is -0.121. The van der Waals surface area contributed by atoms with Crippen molar-refractivity contribution in [1.29, 1.82) is 0 Å². The number of anilines is 1. The number of benzene rings is 2. The molecule has 0 aromatic heterocycles. The Hall–Kier alpha value is -2.86. The van der Waals surface area contributed by atoms with E-state index < -0.39 is 0 Å². The highest BCUT2D eigenvalue weighted by molar-refractivity contribution is 5.96. The molecule has 0 aliphatic carbocycles. The van der Waals surface area contributed by atoms with Gasteiger partial charge < -0.3 is 10.6 Å². The molecular weight excluding hydrogens is 352 g/mol. The van der Waals surface area contributed by atoms with Gasteiger partial charge in [0.2, 0.25) is 0 Å². The molecule has 2 N–H and O–H groups in total. The molecular formula is C22H28N4O2. The highest BCUT2D eigenvalue weighted by Gasteiger charge is 2.21. The van der Waals surface area contributed by atoms with E-state index in [-0.39, 0.29) is 11.9 Å². The highest BCUT2D eigenvalue weighted by atomic mass is 16.2. The molecule has 2 aromatic rings. The van der Waals surface area contributed by atoms with Crippen LogP contribution in [0.5, 0.6) is 0 Å². The van der Waals surface area contributed by atoms with E-state index in [0.29, 0.717) is 25.2 Å². The van der Waals surface area contributed by atoms with Crippen LogP contribution in [0.1, 0.15) is 35.3 Å². The zero-order valence-corrected chi connectivity index (χ0v) is 16.6. The fourth-order valence-corrected chi connectivity index (χ4v) is 3.26. The minimum atomic E-state index is -0.121. The van der Waals surface area contributed by atoms with Gasteiger partial charge in [0.25, 0.3) is 5.91 Å². The topological polar surface area (TPSA) is 64.7 Å². The SMILES string of the molecule is CCN(CC)Cc1ccc(CNC(=O)c2ccc(N3CCNC3=O)cc2)cc1. The monoisotopic (exact) mass is 380 g/mol. The van der Waals surface area contributed by atoms with Gasteiger partial charge in [-0.3, -0.25) is 14.6 Å². The van der Waals surface area contributed by atoms with Gasteiger partial charge in [-0.15, -0.1) is 0 Å². The van der Waals surface area contributed by atoms with Gasteiger partial charge in [0.05, 0.1) is 0 Å². The second-order valence-corrected chi connectivity index (χ2v) is 6.89. The second kappa shape index (κ2) is 9.37. The lowest BCUT2D eigenvalue weighted by Gasteiger charge is -2.18. The van der Waals surface area contributed by atoms with Crippen molar-refractivity contribution in [3.8, 4) is 0 Å². The molecule has 1 saturated heterocycles. The van der Waals surface area contributed by atoms with Gasteiger partial charge >= 0.3 is 6.03 Å². The van der Waals surface area contributed by atoms with Gasteiger partial charge in [-0.25, -0.2) is 4.79 Å². The normalized spacial score (nSPS) is 13.7. The van der Waals surface area contributed by atoms with Gasteiger partial charge in [0.15, 0.2) is 0 Å². The third-order valence-electron chi connectivity index (χ3n) is 5.07. The average molecular weight is 380 g/mol. The molecule has 1 aliphatic rings. The van der Waals surface area contributed by atoms with Crippen molar-refractivity contribution in [2.45, 2.75) is 26.9 Å². The van der Waals surface area contributed by atoms with Gasteiger partial charge in [0.1, 0.15) is 0 Å². The summed E-state index contributed by atoms with van der Waals surface area (Å²) in [4.78, 5) is 28.1. The van der Waals surface area contributed by atoms with Crippen LogP contribution in [0, 0.1) is 0 Å². The molecule has 1 heterocycles. The molecule has 0 radical (unpaired) electrons. The van der Waals surface area contributed by atoms with Gasteiger partial charge in [0, 0.05) is 37.4 Å². The van der Waals surface area contributed by atoms with E-state index in [1.165, 1.54) is 5.56 Å². The van der Waals surface area contributed by atoms with Crippen molar-refractivity contribution >= 4 is 17.6 Å². The lowest BCUT2D eigenvalue weighted by atomic mass is 10.1. The predicted octanol–water partition coefficient (Wildman–Crippen LogP) is 2.99. The maximum Gasteiger partial charge on any atom is 0.321 e. The number of hydrogen-bond acceptors (Lipinski definition) is 3. The third-order valence-corrected chi connectivity index (χ3v) is 5.07. The van der Waals surface area contributed by atoms with Crippen molar-refractivity contribution in [3.63, 3.8) is 0 Å². The molecule has 6 nitrogen and oxygen atoms in total. The van der Waals surface area contributed by atoms with E-state index >= 15 is 0 Å². The molecule has 2 aromatic carbocycles. The number of carbonyl (C=O) groups is 2. The molecule has 6 heteroatoms. The minimum absolute atomic E-state index is 0.0957. The fraction of sp³-hybridized carbons (Fsp3) is 0.364. The van der Waals surface area contributed by atoms with Gasteiger partial charge in [-0.2, -0.15) is 0 Å². The summed E-state index contributed by atoms with van der Waals surface area (Å²) in [7, 11) is 0. The quantitative estimate of drug-likeness (QED) is 0.740. The largest absolute Gasteiger partial charge is 0.348 e. The minimum Gasteiger partial charge on any atom is -0.348 e. The molecule has 0 saturated carbocycles. The fourth-order valence-electron chi connectivity index (χ4n) is 3.26. The van der Waals surface area contributed by atoms with Crippen LogP contribution in [-0.4, -0.2) is 43.0 Å². The Morgan fingerprint density at radius 1 is 1.04 bits per heavy atom. The molecule has 0 bridgehead atoms. The number of amides is 3. The van der Waals surface area contributed by atoms with E-state index in [0.717, 1.165) is 30.9 Å². The maximum absolute atomic E-state index is 12.4. The Labute approximate surface area is 166 Å². The van der Waals surface area contributed by atoms with E-state index in [2.05, 4.69) is 53.6 Å². The molecule has 0 atom stereocenters. The van der Waals surface area contributed by atoms with E-state index in [9.17, 15) is 9.59 Å². The van der Waals surface area contributed by atoms with Crippen LogP contribution in [0.3, 0.4) is 0 Å². The molecule has 0 spiro atoms. The third kappa shape index (κ3) is 4.89. The number of rotatable bonds is 8. The molecule has 3 amide bonds. The van der Waals surface area contributed by atoms with Crippen LogP contribution in [-0.2, 0) is 13.1 Å². The molecule has 1 aliphatic heterocycles. The maximum atomic E-state index is 12.4. The lowest BCUT2D eigenvalue weighted by Crippen LogP contribution is -2.28. The van der Waals surface area contributed by atoms with Crippen molar-refractivity contribution in [1.82, 2.24) is 15.5 Å². The Morgan fingerprint density at radius 3 is 2.25 bits per heavy atom. The van der Waals surface area contributed by atoms with Crippen LogP contribution >= 0.6 is 0 Å². The van der Waals surface area contributed by atoms with Crippen LogP contribution < -0.4 is 15.5 Å². The number of carbonyl (C=O) groups excluding carboxylic acids is 2. The van der Waals surface area contributed by atoms with Crippen molar-refractivity contribution in [2.75, 3.05) is 31.1 Å². The van der Waals surface area contributed by atoms with Crippen molar-refractivity contribution in [3.05, 3.63) is 65.2 Å². The summed E-state index contributed by atoms with van der Waals surface area (Å²) in [6.07, 6.45) is 0. The molecule has 0 unspecified atom stereocenters. The lowest BCUT2D eigenvalue weighted by molar-refractivity contribution is 0.0951. The summed E-state index contributed by atoms with van der Waals surface area (Å²) in [6, 6.07) is 15.4. The first-order valence-corrected chi connectivity index (χ1v) is 9.84. The molecule has 148 valence electrons. The first kappa shape index (κ1) is 19.9. The van der Waals surface area contributed by atoms with Crippen LogP contribution in [0.2, 0.25) is 0 Å². The zero-order valence-electron chi connectivity index (χ0n) is 16.6. The second-order valence-electron chi connectivity index (χ2n) is 6.89. The smallest absolute Gasteiger partial charge is 0.321 e. The van der Waals surface area contributed by atoms with E-state index in [1.54, 1.807) is 17.0 Å². The Bertz CT molecular complexity index is 798. The van der Waals surface area contributed by atoms with Gasteiger partial charge in [-0.05, 0) is 48.5 Å². The summed E-state index contributed by atoms with van der Waals surface area (Å²) < 4.78 is 0. The zero-order chi connectivity index (χ0) is 19.9. The number of urea groups is 1. The Kier molecular flexibility index (Phi) is 6.66. The number of nitrogens with zero attached hydrogens (tertiary/aromatic N) is 2. The first-order valence-electron chi connectivity index (χ1n) is 9.84. The summed E-state index contributed by atoms with van der Waals surface area (Å²) in [6.45, 7) is 9.13. The van der Waals surface area contributed by atoms with Crippen LogP contribution in [0.25, 0.3) is 0 Å². The molecule has 28 heavy (non-hydrogen) atoms. The highest BCUT2D eigenvalue weighted by Crippen LogP contribution is 2.17. The number of nitrogens with one attached hydrogen (secondary N) is 2. The summed E-state index contributed by atoms with van der Waals surface area (Å²) >= 11 is 0. The number of hydrogen-bond donors (Lipinski definition) is 2. The summed E-state index contributed by atoms with van der Waals surface area (Å²) in [5, 5.41) is 5.72. The van der Waals surface area contributed by atoms with Gasteiger partial charge in [-0.1, -0.05) is 38.1 Å².